The molecule has 2 aromatic heterocycles. The van der Waals surface area contributed by atoms with E-state index < -0.39 is 0 Å². The monoisotopic (exact) mass is 329 g/mol. The van der Waals surface area contributed by atoms with Gasteiger partial charge in [0.05, 0.1) is 12.2 Å². The lowest BCUT2D eigenvalue weighted by Gasteiger charge is -2.17. The van der Waals surface area contributed by atoms with E-state index >= 15 is 0 Å². The average molecular weight is 329 g/mol. The number of aromatic nitrogens is 3. The van der Waals surface area contributed by atoms with Gasteiger partial charge in [-0.25, -0.2) is 0 Å². The first kappa shape index (κ1) is 17.7. The van der Waals surface area contributed by atoms with Gasteiger partial charge in [0.15, 0.2) is 0 Å². The standard InChI is InChI=1S/C17H23N5O2/c1-12(2)14-9-15(22(4)20-14)17(24)19-10-16(23)21(3)11-13-5-7-18-8-6-13/h5-9,12H,10-11H2,1-4H3,(H,19,24). The molecule has 0 unspecified atom stereocenters. The third kappa shape index (κ3) is 4.41. The zero-order valence-electron chi connectivity index (χ0n) is 14.5. The van der Waals surface area contributed by atoms with Gasteiger partial charge in [-0.2, -0.15) is 5.10 Å². The molecule has 0 radical (unpaired) electrons. The number of pyridine rings is 1. The van der Waals surface area contributed by atoms with E-state index in [2.05, 4.69) is 15.4 Å². The number of hydrogen-bond donors (Lipinski definition) is 1. The molecular weight excluding hydrogens is 306 g/mol. The van der Waals surface area contributed by atoms with Crippen LogP contribution < -0.4 is 5.32 Å². The molecule has 2 rings (SSSR count). The molecule has 0 fully saturated rings. The van der Waals surface area contributed by atoms with Crippen molar-refractivity contribution in [2.24, 2.45) is 7.05 Å². The van der Waals surface area contributed by atoms with E-state index in [9.17, 15) is 9.59 Å². The first-order chi connectivity index (χ1) is 11.4. The highest BCUT2D eigenvalue weighted by atomic mass is 16.2. The van der Waals surface area contributed by atoms with Crippen LogP contribution in [-0.2, 0) is 18.4 Å². The number of carbonyl (C=O) groups is 2. The minimum atomic E-state index is -0.303. The Bertz CT molecular complexity index is 709. The third-order valence-corrected chi connectivity index (χ3v) is 3.72. The zero-order valence-corrected chi connectivity index (χ0v) is 14.5. The predicted octanol–water partition coefficient (Wildman–Crippen LogP) is 1.33. The number of aryl methyl sites for hydroxylation is 1. The van der Waals surface area contributed by atoms with Crippen molar-refractivity contribution >= 4 is 11.8 Å². The van der Waals surface area contributed by atoms with Gasteiger partial charge in [-0.05, 0) is 29.7 Å². The molecule has 0 saturated carbocycles. The van der Waals surface area contributed by atoms with Crippen LogP contribution in [0.2, 0.25) is 0 Å². The maximum Gasteiger partial charge on any atom is 0.269 e. The van der Waals surface area contributed by atoms with E-state index in [0.29, 0.717) is 12.2 Å². The van der Waals surface area contributed by atoms with E-state index in [1.54, 1.807) is 37.5 Å². The molecule has 0 aliphatic carbocycles. The average Bonchev–Trinajstić information content (AvgIpc) is 2.95. The van der Waals surface area contributed by atoms with Crippen molar-refractivity contribution in [2.75, 3.05) is 13.6 Å². The van der Waals surface area contributed by atoms with E-state index in [-0.39, 0.29) is 24.3 Å². The van der Waals surface area contributed by atoms with Gasteiger partial charge in [-0.3, -0.25) is 19.3 Å². The number of amides is 2. The summed E-state index contributed by atoms with van der Waals surface area (Å²) < 4.78 is 1.54. The number of nitrogens with one attached hydrogen (secondary N) is 1. The molecule has 2 amide bonds. The SMILES string of the molecule is CC(C)c1cc(C(=O)NCC(=O)N(C)Cc2ccncc2)n(C)n1. The van der Waals surface area contributed by atoms with Crippen molar-refractivity contribution < 1.29 is 9.59 Å². The number of likely N-dealkylation sites (N-methyl/N-ethyl adjacent to an activating group) is 1. The zero-order chi connectivity index (χ0) is 17.7. The molecule has 128 valence electrons. The van der Waals surface area contributed by atoms with Crippen LogP contribution in [-0.4, -0.2) is 45.1 Å². The molecule has 24 heavy (non-hydrogen) atoms. The van der Waals surface area contributed by atoms with Gasteiger partial charge in [-0.1, -0.05) is 13.8 Å². The summed E-state index contributed by atoms with van der Waals surface area (Å²) in [5, 5.41) is 6.96. The molecular formula is C17H23N5O2. The molecule has 0 aliphatic heterocycles. The fraction of sp³-hybridized carbons (Fsp3) is 0.412. The van der Waals surface area contributed by atoms with Crippen molar-refractivity contribution in [3.8, 4) is 0 Å². The Labute approximate surface area is 141 Å². The maximum absolute atomic E-state index is 12.2. The minimum absolute atomic E-state index is 0.0530. The van der Waals surface area contributed by atoms with Gasteiger partial charge in [0, 0.05) is 33.0 Å². The minimum Gasteiger partial charge on any atom is -0.342 e. The highest BCUT2D eigenvalue weighted by Gasteiger charge is 2.17. The van der Waals surface area contributed by atoms with Gasteiger partial charge in [0.2, 0.25) is 5.91 Å². The van der Waals surface area contributed by atoms with Crippen LogP contribution in [0.15, 0.2) is 30.6 Å². The summed E-state index contributed by atoms with van der Waals surface area (Å²) in [7, 11) is 3.42. The van der Waals surface area contributed by atoms with Crippen LogP contribution in [0.4, 0.5) is 0 Å². The van der Waals surface area contributed by atoms with E-state index in [0.717, 1.165) is 11.3 Å². The fourth-order valence-electron chi connectivity index (χ4n) is 2.22. The van der Waals surface area contributed by atoms with Gasteiger partial charge < -0.3 is 10.2 Å². The molecule has 0 spiro atoms. The van der Waals surface area contributed by atoms with E-state index in [4.69, 9.17) is 0 Å². The van der Waals surface area contributed by atoms with Crippen LogP contribution in [0.5, 0.6) is 0 Å². The summed E-state index contributed by atoms with van der Waals surface area (Å²) in [5.41, 5.74) is 2.28. The lowest BCUT2D eigenvalue weighted by Crippen LogP contribution is -2.38. The Morgan fingerprint density at radius 2 is 1.96 bits per heavy atom. The van der Waals surface area contributed by atoms with Crippen LogP contribution >= 0.6 is 0 Å². The number of carbonyl (C=O) groups excluding carboxylic acids is 2. The Hall–Kier alpha value is -2.70. The highest BCUT2D eigenvalue weighted by molar-refractivity contribution is 5.95. The summed E-state index contributed by atoms with van der Waals surface area (Å²) in [6, 6.07) is 5.46. The second-order valence-corrected chi connectivity index (χ2v) is 6.02. The summed E-state index contributed by atoms with van der Waals surface area (Å²) in [4.78, 5) is 29.9. The maximum atomic E-state index is 12.2. The Balaban J connectivity index is 1.90. The molecule has 0 bridgehead atoms. The molecule has 0 atom stereocenters. The van der Waals surface area contributed by atoms with Gasteiger partial charge >= 0.3 is 0 Å². The third-order valence-electron chi connectivity index (χ3n) is 3.72. The molecule has 2 heterocycles. The second kappa shape index (κ2) is 7.72. The molecule has 0 aliphatic rings. The molecule has 7 nitrogen and oxygen atoms in total. The smallest absolute Gasteiger partial charge is 0.269 e. The first-order valence-corrected chi connectivity index (χ1v) is 7.83. The van der Waals surface area contributed by atoms with Crippen LogP contribution in [0.1, 0.15) is 41.5 Å². The number of hydrogen-bond acceptors (Lipinski definition) is 4. The van der Waals surface area contributed by atoms with Crippen LogP contribution in [0.25, 0.3) is 0 Å². The number of rotatable bonds is 6. The van der Waals surface area contributed by atoms with Crippen molar-refractivity contribution in [3.05, 3.63) is 47.5 Å². The van der Waals surface area contributed by atoms with Gasteiger partial charge in [0.1, 0.15) is 5.69 Å². The van der Waals surface area contributed by atoms with Gasteiger partial charge in [-0.15, -0.1) is 0 Å². The largest absolute Gasteiger partial charge is 0.342 e. The topological polar surface area (TPSA) is 80.1 Å². The molecule has 1 N–H and O–H groups in total. The van der Waals surface area contributed by atoms with Crippen molar-refractivity contribution in [2.45, 2.75) is 26.3 Å². The summed E-state index contributed by atoms with van der Waals surface area (Å²) in [5.74, 6) is -0.222. The lowest BCUT2D eigenvalue weighted by atomic mass is 10.1. The second-order valence-electron chi connectivity index (χ2n) is 6.02. The van der Waals surface area contributed by atoms with Crippen molar-refractivity contribution in [1.29, 1.82) is 0 Å². The Morgan fingerprint density at radius 3 is 2.54 bits per heavy atom. The summed E-state index contributed by atoms with van der Waals surface area (Å²) in [6.45, 7) is 4.45. The summed E-state index contributed by atoms with van der Waals surface area (Å²) in [6.07, 6.45) is 3.37. The fourth-order valence-corrected chi connectivity index (χ4v) is 2.22. The van der Waals surface area contributed by atoms with E-state index in [1.807, 2.05) is 26.0 Å². The van der Waals surface area contributed by atoms with E-state index in [1.165, 1.54) is 4.68 Å². The first-order valence-electron chi connectivity index (χ1n) is 7.83. The van der Waals surface area contributed by atoms with Crippen molar-refractivity contribution in [3.63, 3.8) is 0 Å². The van der Waals surface area contributed by atoms with Crippen molar-refractivity contribution in [1.82, 2.24) is 25.0 Å². The van der Waals surface area contributed by atoms with Gasteiger partial charge in [0.25, 0.3) is 5.91 Å². The normalized spacial score (nSPS) is 10.7. The highest BCUT2D eigenvalue weighted by Crippen LogP contribution is 2.13. The molecule has 7 heteroatoms. The summed E-state index contributed by atoms with van der Waals surface area (Å²) >= 11 is 0. The quantitative estimate of drug-likeness (QED) is 0.867. The molecule has 0 aromatic carbocycles. The predicted molar refractivity (Wildman–Crippen MR) is 90.3 cm³/mol. The molecule has 0 saturated heterocycles. The lowest BCUT2D eigenvalue weighted by molar-refractivity contribution is -0.129. The Kier molecular flexibility index (Phi) is 5.68. The van der Waals surface area contributed by atoms with Crippen LogP contribution in [0.3, 0.4) is 0 Å². The number of nitrogens with zero attached hydrogens (tertiary/aromatic N) is 4. The van der Waals surface area contributed by atoms with Crippen LogP contribution in [0, 0.1) is 0 Å². The Morgan fingerprint density at radius 1 is 1.29 bits per heavy atom. The molecule has 2 aromatic rings.